The molecule has 0 aliphatic carbocycles. The highest BCUT2D eigenvalue weighted by molar-refractivity contribution is 9.10. The zero-order valence-electron chi connectivity index (χ0n) is 16.4. The number of fused-ring (bicyclic) bond motifs is 1. The molecule has 0 aliphatic heterocycles. The fourth-order valence-electron chi connectivity index (χ4n) is 3.18. The number of para-hydroxylation sites is 2. The van der Waals surface area contributed by atoms with Gasteiger partial charge in [-0.15, -0.1) is 0 Å². The topological polar surface area (TPSA) is 91.9 Å². The van der Waals surface area contributed by atoms with E-state index in [1.807, 2.05) is 44.2 Å². The van der Waals surface area contributed by atoms with Crippen molar-refractivity contribution in [3.8, 4) is 0 Å². The number of nitrogens with zero attached hydrogens (tertiary/aromatic N) is 1. The molecular formula is C21H24BrN3O3S. The number of aromatic nitrogens is 2. The molecule has 0 spiro atoms. The van der Waals surface area contributed by atoms with Gasteiger partial charge in [0.25, 0.3) is 0 Å². The number of amides is 1. The number of carbonyl (C=O) groups is 1. The molecule has 1 amide bonds. The number of aromatic amines is 1. The van der Waals surface area contributed by atoms with Crippen LogP contribution in [0.15, 0.2) is 53.0 Å². The van der Waals surface area contributed by atoms with Gasteiger partial charge in [-0.3, -0.25) is 4.79 Å². The van der Waals surface area contributed by atoms with E-state index >= 15 is 0 Å². The van der Waals surface area contributed by atoms with E-state index < -0.39 is 21.5 Å². The van der Waals surface area contributed by atoms with Crippen LogP contribution in [0.4, 0.5) is 0 Å². The van der Waals surface area contributed by atoms with Crippen LogP contribution in [0, 0.1) is 5.92 Å². The second-order valence-electron chi connectivity index (χ2n) is 7.23. The molecule has 0 fully saturated rings. The molecule has 1 aromatic heterocycles. The number of nitrogens with one attached hydrogen (secondary N) is 2. The summed E-state index contributed by atoms with van der Waals surface area (Å²) in [7, 11) is -3.60. The zero-order chi connectivity index (χ0) is 21.0. The SMILES string of the molecule is CCC(C)C(NC(=O)CS(=O)(=O)Cc1cccc(Br)c1)c1nc2ccccc2[nH]1. The van der Waals surface area contributed by atoms with E-state index in [4.69, 9.17) is 0 Å². The van der Waals surface area contributed by atoms with Gasteiger partial charge in [0.05, 0.1) is 22.8 Å². The van der Waals surface area contributed by atoms with Crippen molar-refractivity contribution in [2.75, 3.05) is 5.75 Å². The monoisotopic (exact) mass is 477 g/mol. The molecule has 0 radical (unpaired) electrons. The lowest BCUT2D eigenvalue weighted by Gasteiger charge is -2.22. The van der Waals surface area contributed by atoms with Gasteiger partial charge in [0, 0.05) is 4.47 Å². The Morgan fingerprint density at radius 2 is 1.97 bits per heavy atom. The molecule has 0 saturated heterocycles. The Bertz CT molecular complexity index is 1080. The summed E-state index contributed by atoms with van der Waals surface area (Å²) in [5, 5.41) is 2.88. The Morgan fingerprint density at radius 3 is 2.66 bits per heavy atom. The Balaban J connectivity index is 1.74. The zero-order valence-corrected chi connectivity index (χ0v) is 18.8. The quantitative estimate of drug-likeness (QED) is 0.509. The van der Waals surface area contributed by atoms with Crippen molar-refractivity contribution in [1.82, 2.24) is 15.3 Å². The van der Waals surface area contributed by atoms with E-state index in [2.05, 4.69) is 31.2 Å². The molecule has 0 bridgehead atoms. The summed E-state index contributed by atoms with van der Waals surface area (Å²) >= 11 is 3.33. The summed E-state index contributed by atoms with van der Waals surface area (Å²) in [4.78, 5) is 20.4. The van der Waals surface area contributed by atoms with Gasteiger partial charge in [0.1, 0.15) is 11.6 Å². The van der Waals surface area contributed by atoms with Crippen molar-refractivity contribution in [1.29, 1.82) is 0 Å². The molecule has 3 rings (SSSR count). The first-order valence-electron chi connectivity index (χ1n) is 9.46. The van der Waals surface area contributed by atoms with Crippen LogP contribution in [0.25, 0.3) is 11.0 Å². The highest BCUT2D eigenvalue weighted by Gasteiger charge is 2.26. The van der Waals surface area contributed by atoms with E-state index in [0.717, 1.165) is 21.9 Å². The lowest BCUT2D eigenvalue weighted by molar-refractivity contribution is -0.119. The molecule has 8 heteroatoms. The molecule has 2 N–H and O–H groups in total. The van der Waals surface area contributed by atoms with Gasteiger partial charge in [-0.1, -0.05) is 60.5 Å². The van der Waals surface area contributed by atoms with Crippen LogP contribution in [0.1, 0.15) is 37.7 Å². The summed E-state index contributed by atoms with van der Waals surface area (Å²) < 4.78 is 25.8. The minimum atomic E-state index is -3.60. The molecule has 6 nitrogen and oxygen atoms in total. The predicted octanol–water partition coefficient (Wildman–Crippen LogP) is 4.14. The minimum absolute atomic E-state index is 0.0901. The van der Waals surface area contributed by atoms with Gasteiger partial charge < -0.3 is 10.3 Å². The summed E-state index contributed by atoms with van der Waals surface area (Å²) in [6.45, 7) is 4.03. The number of benzene rings is 2. The molecule has 3 aromatic rings. The highest BCUT2D eigenvalue weighted by Crippen LogP contribution is 2.24. The van der Waals surface area contributed by atoms with Gasteiger partial charge in [-0.05, 0) is 35.7 Å². The van der Waals surface area contributed by atoms with Crippen LogP contribution >= 0.6 is 15.9 Å². The van der Waals surface area contributed by atoms with Crippen LogP contribution in [0.5, 0.6) is 0 Å². The second-order valence-corrected chi connectivity index (χ2v) is 10.2. The lowest BCUT2D eigenvalue weighted by Crippen LogP contribution is -2.37. The van der Waals surface area contributed by atoms with Crippen molar-refractivity contribution in [2.45, 2.75) is 32.1 Å². The third kappa shape index (κ3) is 5.67. The van der Waals surface area contributed by atoms with Crippen LogP contribution < -0.4 is 5.32 Å². The maximum Gasteiger partial charge on any atom is 0.235 e. The van der Waals surface area contributed by atoms with E-state index in [-0.39, 0.29) is 17.7 Å². The van der Waals surface area contributed by atoms with E-state index in [1.165, 1.54) is 0 Å². The fraction of sp³-hybridized carbons (Fsp3) is 0.333. The standard InChI is InChI=1S/C21H24BrN3O3S/c1-3-14(2)20(21-23-17-9-4-5-10-18(17)24-21)25-19(26)13-29(27,28)12-15-7-6-8-16(22)11-15/h4-11,14,20H,3,12-13H2,1-2H3,(H,23,24)(H,25,26). The molecule has 1 heterocycles. The molecule has 0 saturated carbocycles. The number of sulfone groups is 1. The van der Waals surface area contributed by atoms with Gasteiger partial charge in [0.2, 0.25) is 5.91 Å². The van der Waals surface area contributed by atoms with E-state index in [1.54, 1.807) is 18.2 Å². The Labute approximate surface area is 179 Å². The maximum atomic E-state index is 12.6. The summed E-state index contributed by atoms with van der Waals surface area (Å²) in [6, 6.07) is 14.3. The van der Waals surface area contributed by atoms with Gasteiger partial charge >= 0.3 is 0 Å². The lowest BCUT2D eigenvalue weighted by atomic mass is 9.98. The Morgan fingerprint density at radius 1 is 1.21 bits per heavy atom. The van der Waals surface area contributed by atoms with Crippen molar-refractivity contribution in [3.63, 3.8) is 0 Å². The van der Waals surface area contributed by atoms with Crippen molar-refractivity contribution in [2.24, 2.45) is 5.92 Å². The predicted molar refractivity (Wildman–Crippen MR) is 118 cm³/mol. The summed E-state index contributed by atoms with van der Waals surface area (Å²) in [5.41, 5.74) is 2.34. The Kier molecular flexibility index (Phi) is 6.74. The second kappa shape index (κ2) is 9.09. The molecule has 29 heavy (non-hydrogen) atoms. The van der Waals surface area contributed by atoms with Crippen LogP contribution in [-0.4, -0.2) is 30.0 Å². The molecule has 2 unspecified atom stereocenters. The average Bonchev–Trinajstić information content (AvgIpc) is 3.08. The fourth-order valence-corrected chi connectivity index (χ4v) is 4.90. The maximum absolute atomic E-state index is 12.6. The third-order valence-electron chi connectivity index (χ3n) is 4.86. The molecule has 2 aromatic carbocycles. The Hall–Kier alpha value is -2.19. The van der Waals surface area contributed by atoms with Crippen molar-refractivity contribution < 1.29 is 13.2 Å². The van der Waals surface area contributed by atoms with Crippen molar-refractivity contribution in [3.05, 3.63) is 64.4 Å². The van der Waals surface area contributed by atoms with Crippen LogP contribution in [-0.2, 0) is 20.4 Å². The molecule has 2 atom stereocenters. The first-order valence-corrected chi connectivity index (χ1v) is 12.1. The summed E-state index contributed by atoms with van der Waals surface area (Å²) in [6.07, 6.45) is 0.812. The smallest absolute Gasteiger partial charge is 0.235 e. The highest BCUT2D eigenvalue weighted by atomic mass is 79.9. The number of hydrogen-bond donors (Lipinski definition) is 2. The number of imidazole rings is 1. The largest absolute Gasteiger partial charge is 0.345 e. The minimum Gasteiger partial charge on any atom is -0.345 e. The van der Waals surface area contributed by atoms with Gasteiger partial charge in [-0.2, -0.15) is 0 Å². The number of hydrogen-bond acceptors (Lipinski definition) is 4. The molecular weight excluding hydrogens is 454 g/mol. The van der Waals surface area contributed by atoms with E-state index in [0.29, 0.717) is 11.4 Å². The summed E-state index contributed by atoms with van der Waals surface area (Å²) in [5.74, 6) is -0.540. The van der Waals surface area contributed by atoms with Gasteiger partial charge in [0.15, 0.2) is 9.84 Å². The molecule has 0 aliphatic rings. The van der Waals surface area contributed by atoms with Crippen LogP contribution in [0.2, 0.25) is 0 Å². The van der Waals surface area contributed by atoms with E-state index in [9.17, 15) is 13.2 Å². The normalized spacial score (nSPS) is 13.9. The number of rotatable bonds is 8. The number of halogens is 1. The third-order valence-corrected chi connectivity index (χ3v) is 6.83. The van der Waals surface area contributed by atoms with Crippen LogP contribution in [0.3, 0.4) is 0 Å². The first kappa shape index (κ1) is 21.5. The van der Waals surface area contributed by atoms with Crippen molar-refractivity contribution >= 4 is 42.7 Å². The van der Waals surface area contributed by atoms with Gasteiger partial charge in [-0.25, -0.2) is 13.4 Å². The first-order chi connectivity index (χ1) is 13.8. The average molecular weight is 478 g/mol. The number of carbonyl (C=O) groups excluding carboxylic acids is 1. The molecule has 154 valence electrons. The number of H-pyrrole nitrogens is 1.